The summed E-state index contributed by atoms with van der Waals surface area (Å²) in [6.07, 6.45) is 0. The highest BCUT2D eigenvalue weighted by molar-refractivity contribution is 5.91. The van der Waals surface area contributed by atoms with E-state index in [-0.39, 0.29) is 12.5 Å². The first-order valence-corrected chi connectivity index (χ1v) is 11.8. The smallest absolute Gasteiger partial charge is 0.375 e. The topological polar surface area (TPSA) is 35.1 Å². The van der Waals surface area contributed by atoms with Crippen LogP contribution >= 0.6 is 0 Å². The van der Waals surface area contributed by atoms with E-state index in [1.165, 1.54) is 0 Å². The minimum Gasteiger partial charge on any atom is -0.461 e. The van der Waals surface area contributed by atoms with Gasteiger partial charge >= 0.3 is 5.97 Å². The number of hydrogen-bond donors (Lipinski definition) is 0. The SMILES string of the molecule is CCOC(=O)C[n+]1c(-c2ccccc2)c(-c2ccccc2)c(-c2ccccc2)n1-c1ccccc1. The van der Waals surface area contributed by atoms with Gasteiger partial charge in [-0.2, -0.15) is 0 Å². The third-order valence-electron chi connectivity index (χ3n) is 5.93. The van der Waals surface area contributed by atoms with E-state index in [9.17, 15) is 4.79 Å². The molecule has 0 bridgehead atoms. The number of ether oxygens (including phenoxy) is 1. The molecule has 0 saturated heterocycles. The average Bonchev–Trinajstić information content (AvgIpc) is 3.25. The number of esters is 1. The van der Waals surface area contributed by atoms with Gasteiger partial charge in [0.05, 0.1) is 12.2 Å². The van der Waals surface area contributed by atoms with Gasteiger partial charge in [0, 0.05) is 11.1 Å². The van der Waals surface area contributed by atoms with Crippen molar-refractivity contribution in [1.82, 2.24) is 4.68 Å². The molecule has 35 heavy (non-hydrogen) atoms. The standard InChI is InChI=1S/C31H27N2O2/c1-2-35-28(34)23-32-30(25-17-9-4-10-18-25)29(24-15-7-3-8-16-24)31(26-19-11-5-12-20-26)33(32)27-21-13-6-14-22-27/h3-22H,2,23H2,1H3/q+1. The van der Waals surface area contributed by atoms with Crippen molar-refractivity contribution in [1.29, 1.82) is 0 Å². The molecule has 4 aromatic carbocycles. The van der Waals surface area contributed by atoms with Gasteiger partial charge in [-0.15, -0.1) is 4.68 Å². The van der Waals surface area contributed by atoms with Crippen LogP contribution in [0.5, 0.6) is 0 Å². The molecule has 5 rings (SSSR count). The number of rotatable bonds is 7. The Labute approximate surface area is 205 Å². The summed E-state index contributed by atoms with van der Waals surface area (Å²) >= 11 is 0. The Morgan fingerprint density at radius 2 is 1.17 bits per heavy atom. The predicted octanol–water partition coefficient (Wildman–Crippen LogP) is 6.33. The van der Waals surface area contributed by atoms with Gasteiger partial charge in [-0.25, -0.2) is 4.79 Å². The van der Waals surface area contributed by atoms with Gasteiger partial charge in [0.1, 0.15) is 11.4 Å². The molecule has 1 aromatic heterocycles. The van der Waals surface area contributed by atoms with Crippen LogP contribution in [0.2, 0.25) is 0 Å². The number of carbonyl (C=O) groups excluding carboxylic acids is 1. The molecule has 0 aliphatic carbocycles. The highest BCUT2D eigenvalue weighted by atomic mass is 16.5. The third-order valence-corrected chi connectivity index (χ3v) is 5.93. The second-order valence-corrected chi connectivity index (χ2v) is 8.18. The molecule has 5 aromatic rings. The minimum absolute atomic E-state index is 0.0830. The van der Waals surface area contributed by atoms with Gasteiger partial charge in [-0.1, -0.05) is 102 Å². The summed E-state index contributed by atoms with van der Waals surface area (Å²) in [5.41, 5.74) is 7.19. The number of carbonyl (C=O) groups is 1. The summed E-state index contributed by atoms with van der Waals surface area (Å²) in [6, 6.07) is 41.1. The molecule has 0 saturated carbocycles. The van der Waals surface area contributed by atoms with Crippen LogP contribution in [-0.2, 0) is 16.1 Å². The van der Waals surface area contributed by atoms with Gasteiger partial charge in [0.25, 0.3) is 6.54 Å². The lowest BCUT2D eigenvalue weighted by Crippen LogP contribution is -2.47. The molecule has 0 N–H and O–H groups in total. The fourth-order valence-corrected chi connectivity index (χ4v) is 4.51. The Morgan fingerprint density at radius 3 is 1.71 bits per heavy atom. The van der Waals surface area contributed by atoms with Crippen molar-refractivity contribution < 1.29 is 14.2 Å². The van der Waals surface area contributed by atoms with Crippen LogP contribution < -0.4 is 4.68 Å². The lowest BCUT2D eigenvalue weighted by Gasteiger charge is -2.09. The van der Waals surface area contributed by atoms with E-state index in [4.69, 9.17) is 4.74 Å². The van der Waals surface area contributed by atoms with Crippen LogP contribution in [0.25, 0.3) is 39.3 Å². The van der Waals surface area contributed by atoms with E-state index in [2.05, 4.69) is 65.3 Å². The zero-order valence-corrected chi connectivity index (χ0v) is 19.7. The lowest BCUT2D eigenvalue weighted by molar-refractivity contribution is -0.745. The highest BCUT2D eigenvalue weighted by Crippen LogP contribution is 2.40. The van der Waals surface area contributed by atoms with Crippen molar-refractivity contribution in [3.8, 4) is 39.3 Å². The maximum absolute atomic E-state index is 12.9. The van der Waals surface area contributed by atoms with E-state index in [1.54, 1.807) is 0 Å². The average molecular weight is 460 g/mol. The summed E-state index contributed by atoms with van der Waals surface area (Å²) in [4.78, 5) is 12.9. The first-order valence-electron chi connectivity index (χ1n) is 11.8. The zero-order valence-electron chi connectivity index (χ0n) is 19.7. The van der Waals surface area contributed by atoms with Crippen molar-refractivity contribution >= 4 is 5.97 Å². The monoisotopic (exact) mass is 459 g/mol. The summed E-state index contributed by atoms with van der Waals surface area (Å²) in [5, 5.41) is 0. The number of aromatic nitrogens is 2. The highest BCUT2D eigenvalue weighted by Gasteiger charge is 2.35. The molecule has 0 amide bonds. The van der Waals surface area contributed by atoms with Gasteiger partial charge in [-0.05, 0) is 36.8 Å². The molecule has 0 radical (unpaired) electrons. The summed E-state index contributed by atoms with van der Waals surface area (Å²) < 4.78 is 9.61. The van der Waals surface area contributed by atoms with Gasteiger partial charge < -0.3 is 4.74 Å². The molecule has 0 spiro atoms. The van der Waals surface area contributed by atoms with Crippen molar-refractivity contribution in [2.75, 3.05) is 6.61 Å². The Bertz CT molecular complexity index is 1310. The number of nitrogens with zero attached hydrogens (tertiary/aromatic N) is 2. The quantitative estimate of drug-likeness (QED) is 0.211. The van der Waals surface area contributed by atoms with Crippen molar-refractivity contribution in [3.63, 3.8) is 0 Å². The van der Waals surface area contributed by atoms with E-state index in [0.29, 0.717) is 6.61 Å². The van der Waals surface area contributed by atoms with E-state index < -0.39 is 0 Å². The number of benzene rings is 4. The van der Waals surface area contributed by atoms with E-state index >= 15 is 0 Å². The second-order valence-electron chi connectivity index (χ2n) is 8.18. The van der Waals surface area contributed by atoms with Crippen LogP contribution in [0, 0.1) is 0 Å². The molecular weight excluding hydrogens is 432 g/mol. The zero-order chi connectivity index (χ0) is 24.0. The van der Waals surface area contributed by atoms with E-state index in [1.807, 2.05) is 72.3 Å². The van der Waals surface area contributed by atoms with Crippen LogP contribution in [0.15, 0.2) is 121 Å². The maximum Gasteiger partial charge on any atom is 0.375 e. The fraction of sp³-hybridized carbons (Fsp3) is 0.0968. The molecule has 4 heteroatoms. The van der Waals surface area contributed by atoms with Crippen LogP contribution in [0.4, 0.5) is 0 Å². The summed E-state index contributed by atoms with van der Waals surface area (Å²) in [5.74, 6) is -0.274. The van der Waals surface area contributed by atoms with E-state index in [0.717, 1.165) is 39.3 Å². The normalized spacial score (nSPS) is 10.8. The minimum atomic E-state index is -0.274. The molecule has 172 valence electrons. The molecule has 0 aliphatic heterocycles. The molecule has 4 nitrogen and oxygen atoms in total. The van der Waals surface area contributed by atoms with Crippen molar-refractivity contribution in [2.24, 2.45) is 0 Å². The Balaban J connectivity index is 1.95. The lowest BCUT2D eigenvalue weighted by atomic mass is 9.95. The number of para-hydroxylation sites is 1. The number of hydrogen-bond acceptors (Lipinski definition) is 2. The fourth-order valence-electron chi connectivity index (χ4n) is 4.51. The van der Waals surface area contributed by atoms with Crippen molar-refractivity contribution in [3.05, 3.63) is 121 Å². The summed E-state index contributed by atoms with van der Waals surface area (Å²) in [6.45, 7) is 2.25. The summed E-state index contributed by atoms with van der Waals surface area (Å²) in [7, 11) is 0. The third kappa shape index (κ3) is 4.51. The first kappa shape index (κ1) is 22.4. The predicted molar refractivity (Wildman–Crippen MR) is 139 cm³/mol. The molecule has 0 fully saturated rings. The molecule has 1 heterocycles. The van der Waals surface area contributed by atoms with Crippen molar-refractivity contribution in [2.45, 2.75) is 13.5 Å². The van der Waals surface area contributed by atoms with Crippen LogP contribution in [0.3, 0.4) is 0 Å². The molecule has 0 aliphatic rings. The molecule has 0 unspecified atom stereocenters. The molecule has 0 atom stereocenters. The second kappa shape index (κ2) is 10.2. The van der Waals surface area contributed by atoms with Crippen LogP contribution in [0.1, 0.15) is 6.92 Å². The Kier molecular flexibility index (Phi) is 6.53. The first-order chi connectivity index (χ1) is 17.3. The van der Waals surface area contributed by atoms with Gasteiger partial charge in [0.2, 0.25) is 5.69 Å². The van der Waals surface area contributed by atoms with Gasteiger partial charge in [0.15, 0.2) is 0 Å². The Morgan fingerprint density at radius 1 is 0.686 bits per heavy atom. The van der Waals surface area contributed by atoms with Gasteiger partial charge in [-0.3, -0.25) is 0 Å². The largest absolute Gasteiger partial charge is 0.461 e. The Hall–Kier alpha value is -4.44. The molecular formula is C31H27N2O2+. The maximum atomic E-state index is 12.9. The van der Waals surface area contributed by atoms with Crippen LogP contribution in [-0.4, -0.2) is 17.3 Å².